The van der Waals surface area contributed by atoms with Crippen molar-refractivity contribution in [1.82, 2.24) is 19.8 Å². The van der Waals surface area contributed by atoms with Gasteiger partial charge >= 0.3 is 12.1 Å². The Morgan fingerprint density at radius 3 is 2.52 bits per heavy atom. The molecule has 0 saturated heterocycles. The molecule has 1 atom stereocenters. The van der Waals surface area contributed by atoms with Crippen molar-refractivity contribution in [3.8, 4) is 0 Å². The SMILES string of the molecule is COC(=O)N(C)C(=O)c1ccc2c(c1)nc(C(CC(C)C)NC(=O)CCC(=O)O)n2C1CC1. The number of benzene rings is 1. The fraction of sp³-hybridized carbons (Fsp3) is 0.522. The number of carboxylic acid groups (broad SMARTS) is 1. The van der Waals surface area contributed by atoms with Gasteiger partial charge in [0.25, 0.3) is 5.91 Å². The van der Waals surface area contributed by atoms with E-state index in [0.717, 1.165) is 23.3 Å². The number of carbonyl (C=O) groups excluding carboxylic acids is 3. The summed E-state index contributed by atoms with van der Waals surface area (Å²) in [6.45, 7) is 4.08. The number of imidazole rings is 1. The molecule has 10 nitrogen and oxygen atoms in total. The van der Waals surface area contributed by atoms with E-state index in [2.05, 4.69) is 14.6 Å². The minimum absolute atomic E-state index is 0.105. The summed E-state index contributed by atoms with van der Waals surface area (Å²) in [4.78, 5) is 53.3. The van der Waals surface area contributed by atoms with Crippen LogP contribution in [0.25, 0.3) is 11.0 Å². The maximum absolute atomic E-state index is 12.7. The lowest BCUT2D eigenvalue weighted by Crippen LogP contribution is -2.32. The van der Waals surface area contributed by atoms with E-state index in [1.807, 2.05) is 13.8 Å². The maximum Gasteiger partial charge on any atom is 0.416 e. The zero-order valence-electron chi connectivity index (χ0n) is 19.3. The number of amides is 3. The summed E-state index contributed by atoms with van der Waals surface area (Å²) >= 11 is 0. The van der Waals surface area contributed by atoms with Crippen molar-refractivity contribution in [3.05, 3.63) is 29.6 Å². The van der Waals surface area contributed by atoms with Gasteiger partial charge in [-0.3, -0.25) is 14.4 Å². The first-order valence-corrected chi connectivity index (χ1v) is 11.0. The third-order valence-electron chi connectivity index (χ3n) is 5.55. The van der Waals surface area contributed by atoms with E-state index < -0.39 is 24.0 Å². The molecule has 0 spiro atoms. The van der Waals surface area contributed by atoms with Crippen LogP contribution in [0.5, 0.6) is 0 Å². The summed E-state index contributed by atoms with van der Waals surface area (Å²) in [7, 11) is 2.55. The third kappa shape index (κ3) is 5.68. The number of carboxylic acids is 1. The molecule has 33 heavy (non-hydrogen) atoms. The Hall–Kier alpha value is -3.43. The zero-order chi connectivity index (χ0) is 24.3. The van der Waals surface area contributed by atoms with Gasteiger partial charge in [-0.1, -0.05) is 13.8 Å². The molecule has 1 aromatic heterocycles. The molecule has 0 radical (unpaired) electrons. The molecule has 2 aromatic rings. The van der Waals surface area contributed by atoms with Crippen molar-refractivity contribution in [2.45, 2.75) is 58.0 Å². The number of aliphatic carboxylic acids is 1. The quantitative estimate of drug-likeness (QED) is 0.589. The van der Waals surface area contributed by atoms with Crippen LogP contribution in [0.1, 0.15) is 74.2 Å². The third-order valence-corrected chi connectivity index (χ3v) is 5.55. The largest absolute Gasteiger partial charge is 0.481 e. The van der Waals surface area contributed by atoms with Gasteiger partial charge in [0.15, 0.2) is 0 Å². The van der Waals surface area contributed by atoms with Crippen molar-refractivity contribution in [1.29, 1.82) is 0 Å². The van der Waals surface area contributed by atoms with E-state index in [0.29, 0.717) is 23.3 Å². The highest BCUT2D eigenvalue weighted by Crippen LogP contribution is 2.41. The van der Waals surface area contributed by atoms with Crippen molar-refractivity contribution in [2.24, 2.45) is 5.92 Å². The molecule has 1 fully saturated rings. The highest BCUT2D eigenvalue weighted by atomic mass is 16.5. The number of methoxy groups -OCH3 is 1. The molecular weight excluding hydrogens is 428 g/mol. The number of ether oxygens (including phenoxy) is 1. The molecule has 1 aliphatic carbocycles. The molecule has 0 aliphatic heterocycles. The number of rotatable bonds is 9. The highest BCUT2D eigenvalue weighted by Gasteiger charge is 2.32. The summed E-state index contributed by atoms with van der Waals surface area (Å²) in [6, 6.07) is 4.96. The Labute approximate surface area is 191 Å². The van der Waals surface area contributed by atoms with E-state index in [-0.39, 0.29) is 30.7 Å². The predicted molar refractivity (Wildman–Crippen MR) is 120 cm³/mol. The Morgan fingerprint density at radius 1 is 1.24 bits per heavy atom. The number of fused-ring (bicyclic) bond motifs is 1. The second-order valence-electron chi connectivity index (χ2n) is 8.75. The Kier molecular flexibility index (Phi) is 7.35. The molecule has 1 aliphatic rings. The molecule has 3 amide bonds. The number of aromatic nitrogens is 2. The van der Waals surface area contributed by atoms with E-state index >= 15 is 0 Å². The average Bonchev–Trinajstić information content (AvgIpc) is 3.54. The standard InChI is InChI=1S/C23H30N4O6/c1-13(2)11-17(24-19(28)9-10-20(29)30)21-25-16-12-14(22(31)26(3)23(32)33-4)5-8-18(16)27(21)15-6-7-15/h5,8,12-13,15,17H,6-7,9-11H2,1-4H3,(H,24,28)(H,29,30). The Balaban J connectivity index is 1.98. The van der Waals surface area contributed by atoms with Gasteiger partial charge in [-0.2, -0.15) is 0 Å². The van der Waals surface area contributed by atoms with Crippen LogP contribution < -0.4 is 5.32 Å². The predicted octanol–water partition coefficient (Wildman–Crippen LogP) is 3.28. The smallest absolute Gasteiger partial charge is 0.416 e. The molecule has 1 unspecified atom stereocenters. The molecule has 1 heterocycles. The van der Waals surface area contributed by atoms with Gasteiger partial charge in [-0.15, -0.1) is 0 Å². The minimum atomic E-state index is -1.02. The van der Waals surface area contributed by atoms with Gasteiger partial charge in [0.05, 0.1) is 30.6 Å². The number of hydrogen-bond acceptors (Lipinski definition) is 6. The maximum atomic E-state index is 12.7. The van der Waals surface area contributed by atoms with Crippen molar-refractivity contribution < 1.29 is 29.0 Å². The monoisotopic (exact) mass is 458 g/mol. The van der Waals surface area contributed by atoms with E-state index in [1.54, 1.807) is 18.2 Å². The van der Waals surface area contributed by atoms with Crippen LogP contribution in [0, 0.1) is 5.92 Å². The first-order valence-electron chi connectivity index (χ1n) is 11.0. The number of imide groups is 1. The van der Waals surface area contributed by atoms with Crippen LogP contribution >= 0.6 is 0 Å². The number of nitrogens with zero attached hydrogens (tertiary/aromatic N) is 3. The van der Waals surface area contributed by atoms with E-state index in [1.165, 1.54) is 14.2 Å². The van der Waals surface area contributed by atoms with Crippen LogP contribution in [-0.2, 0) is 14.3 Å². The summed E-state index contributed by atoms with van der Waals surface area (Å²) in [6.07, 6.45) is 1.51. The number of nitrogens with one attached hydrogen (secondary N) is 1. The minimum Gasteiger partial charge on any atom is -0.481 e. The summed E-state index contributed by atoms with van der Waals surface area (Å²) < 4.78 is 6.72. The van der Waals surface area contributed by atoms with Gasteiger partial charge in [0, 0.05) is 25.1 Å². The van der Waals surface area contributed by atoms with Gasteiger partial charge in [0.1, 0.15) is 5.82 Å². The van der Waals surface area contributed by atoms with Crippen LogP contribution in [0.2, 0.25) is 0 Å². The first-order chi connectivity index (χ1) is 15.6. The van der Waals surface area contributed by atoms with E-state index in [9.17, 15) is 19.2 Å². The van der Waals surface area contributed by atoms with E-state index in [4.69, 9.17) is 10.1 Å². The van der Waals surface area contributed by atoms with Crippen LogP contribution in [0.4, 0.5) is 4.79 Å². The highest BCUT2D eigenvalue weighted by molar-refractivity contribution is 6.04. The summed E-state index contributed by atoms with van der Waals surface area (Å²) in [5.74, 6) is -0.922. The van der Waals surface area contributed by atoms with Crippen LogP contribution in [0.15, 0.2) is 18.2 Å². The molecule has 178 valence electrons. The lowest BCUT2D eigenvalue weighted by molar-refractivity contribution is -0.139. The number of carbonyl (C=O) groups is 4. The molecule has 3 rings (SSSR count). The normalized spacial score (nSPS) is 14.2. The molecule has 2 N–H and O–H groups in total. The van der Waals surface area contributed by atoms with Crippen molar-refractivity contribution in [3.63, 3.8) is 0 Å². The molecule has 10 heteroatoms. The first kappa shape index (κ1) is 24.2. The van der Waals surface area contributed by atoms with Gasteiger partial charge in [-0.05, 0) is 43.4 Å². The fourth-order valence-electron chi connectivity index (χ4n) is 3.81. The molecule has 1 saturated carbocycles. The van der Waals surface area contributed by atoms with Crippen LogP contribution in [0.3, 0.4) is 0 Å². The fourth-order valence-corrected chi connectivity index (χ4v) is 3.81. The lowest BCUT2D eigenvalue weighted by atomic mass is 10.0. The molecule has 0 bridgehead atoms. The lowest BCUT2D eigenvalue weighted by Gasteiger charge is -2.21. The van der Waals surface area contributed by atoms with Crippen molar-refractivity contribution >= 4 is 34.9 Å². The van der Waals surface area contributed by atoms with Gasteiger partial charge in [0.2, 0.25) is 5.91 Å². The van der Waals surface area contributed by atoms with Crippen molar-refractivity contribution in [2.75, 3.05) is 14.2 Å². The van der Waals surface area contributed by atoms with Crippen LogP contribution in [-0.4, -0.2) is 57.6 Å². The summed E-state index contributed by atoms with van der Waals surface area (Å²) in [5.41, 5.74) is 1.74. The second-order valence-corrected chi connectivity index (χ2v) is 8.75. The van der Waals surface area contributed by atoms with Gasteiger partial charge < -0.3 is 19.7 Å². The zero-order valence-corrected chi connectivity index (χ0v) is 19.3. The topological polar surface area (TPSA) is 131 Å². The second kappa shape index (κ2) is 10.0. The summed E-state index contributed by atoms with van der Waals surface area (Å²) in [5, 5.41) is 11.8. The molecular formula is C23H30N4O6. The number of hydrogen-bond donors (Lipinski definition) is 2. The Bertz CT molecular complexity index is 1070. The Morgan fingerprint density at radius 2 is 1.94 bits per heavy atom. The average molecular weight is 459 g/mol. The molecule has 1 aromatic carbocycles. The van der Waals surface area contributed by atoms with Gasteiger partial charge in [-0.25, -0.2) is 14.7 Å².